The molecule has 2 aliphatic rings. The molecule has 12 heteroatoms. The molecular weight excluding hydrogens is 604 g/mol. The van der Waals surface area contributed by atoms with Crippen molar-refractivity contribution in [2.75, 3.05) is 35.4 Å². The smallest absolute Gasteiger partial charge is 0.354 e. The first-order valence-electron chi connectivity index (χ1n) is 15.7. The van der Waals surface area contributed by atoms with E-state index >= 15 is 0 Å². The first-order chi connectivity index (χ1) is 22.3. The summed E-state index contributed by atoms with van der Waals surface area (Å²) in [6.07, 6.45) is 4.65. The molecule has 1 atom stereocenters. The van der Waals surface area contributed by atoms with E-state index in [9.17, 15) is 23.5 Å². The van der Waals surface area contributed by atoms with Crippen molar-refractivity contribution in [3.8, 4) is 11.1 Å². The fraction of sp³-hybridized carbons (Fsp3) is 0.353. The van der Waals surface area contributed by atoms with E-state index in [-0.39, 0.29) is 11.6 Å². The zero-order valence-corrected chi connectivity index (χ0v) is 26.6. The lowest BCUT2D eigenvalue weighted by atomic mass is 10.0. The molecule has 1 saturated carbocycles. The fourth-order valence-corrected chi connectivity index (χ4v) is 6.63. The van der Waals surface area contributed by atoms with Crippen molar-refractivity contribution in [3.63, 3.8) is 0 Å². The van der Waals surface area contributed by atoms with Crippen LogP contribution in [0.5, 0.6) is 0 Å². The molecule has 2 aromatic heterocycles. The highest BCUT2D eigenvalue weighted by Gasteiger charge is 2.35. The number of amides is 1. The SMILES string of the molecule is CCCc1nc(CN2CCN(c3ccccn3)CC2)c(C(=O)O)n1Cc1ccc(-c2ccccc2N(C(=O)C2CC2)S(=O)[O-])cc1. The van der Waals surface area contributed by atoms with E-state index in [0.29, 0.717) is 49.3 Å². The third-order valence-electron chi connectivity index (χ3n) is 8.52. The van der Waals surface area contributed by atoms with Gasteiger partial charge in [0, 0.05) is 63.4 Å². The third-order valence-corrected chi connectivity index (χ3v) is 9.19. The molecule has 1 saturated heterocycles. The number of aromatic carboxylic acids is 1. The monoisotopic (exact) mass is 641 g/mol. The fourth-order valence-electron chi connectivity index (χ4n) is 6.01. The predicted octanol–water partition coefficient (Wildman–Crippen LogP) is 4.50. The van der Waals surface area contributed by atoms with Gasteiger partial charge in [-0.1, -0.05) is 55.5 Å². The molecule has 46 heavy (non-hydrogen) atoms. The number of carbonyl (C=O) groups excluding carboxylic acids is 1. The minimum Gasteiger partial charge on any atom is -0.755 e. The number of benzene rings is 2. The normalized spacial score (nSPS) is 15.9. The van der Waals surface area contributed by atoms with Crippen LogP contribution in [0.4, 0.5) is 11.5 Å². The molecule has 0 spiro atoms. The number of carbonyl (C=O) groups is 2. The number of carboxylic acid groups (broad SMARTS) is 1. The van der Waals surface area contributed by atoms with Gasteiger partial charge in [-0.3, -0.25) is 13.9 Å². The summed E-state index contributed by atoms with van der Waals surface area (Å²) in [6.45, 7) is 5.98. The van der Waals surface area contributed by atoms with Crippen LogP contribution < -0.4 is 9.21 Å². The molecule has 0 radical (unpaired) electrons. The largest absolute Gasteiger partial charge is 0.755 e. The number of aromatic nitrogens is 3. The Morgan fingerprint density at radius 2 is 1.70 bits per heavy atom. The predicted molar refractivity (Wildman–Crippen MR) is 175 cm³/mol. The van der Waals surface area contributed by atoms with Gasteiger partial charge < -0.3 is 19.1 Å². The Bertz CT molecular complexity index is 1720. The van der Waals surface area contributed by atoms with Crippen LogP contribution in [-0.2, 0) is 35.6 Å². The topological polar surface area (TPSA) is 135 Å². The number of aryl methyl sites for hydroxylation is 1. The number of piperazine rings is 1. The Morgan fingerprint density at radius 3 is 2.33 bits per heavy atom. The van der Waals surface area contributed by atoms with Crippen LogP contribution in [0.1, 0.15) is 53.8 Å². The second kappa shape index (κ2) is 13.9. The number of rotatable bonds is 12. The van der Waals surface area contributed by atoms with Crippen LogP contribution in [-0.4, -0.2) is 71.4 Å². The molecule has 11 nitrogen and oxygen atoms in total. The Morgan fingerprint density at radius 1 is 0.978 bits per heavy atom. The van der Waals surface area contributed by atoms with E-state index in [4.69, 9.17) is 4.98 Å². The van der Waals surface area contributed by atoms with Gasteiger partial charge >= 0.3 is 5.97 Å². The number of anilines is 2. The summed E-state index contributed by atoms with van der Waals surface area (Å²) in [6, 6.07) is 20.4. The summed E-state index contributed by atoms with van der Waals surface area (Å²) < 4.78 is 26.9. The van der Waals surface area contributed by atoms with Crippen molar-refractivity contribution in [1.82, 2.24) is 19.4 Å². The molecule has 1 amide bonds. The van der Waals surface area contributed by atoms with Gasteiger partial charge in [0.25, 0.3) is 0 Å². The van der Waals surface area contributed by atoms with E-state index in [1.54, 1.807) is 24.4 Å². The van der Waals surface area contributed by atoms with Crippen molar-refractivity contribution < 1.29 is 23.5 Å². The highest BCUT2D eigenvalue weighted by Crippen LogP contribution is 2.37. The summed E-state index contributed by atoms with van der Waals surface area (Å²) in [5, 5.41) is 10.4. The standard InChI is InChI=1S/C34H38N6O5S/c1-2-7-31-36-28(23-37-18-20-38(21-19-37)30-10-5-6-17-35-30)32(34(42)43)39(31)22-24-11-13-25(14-12-24)27-8-3-4-9-29(27)40(46(44)45)33(41)26-15-16-26/h3-6,8-14,17,26H,2,7,15-16,18-23H2,1H3,(H,42,43)(H,44,45)/p-1. The van der Waals surface area contributed by atoms with E-state index < -0.39 is 23.1 Å². The van der Waals surface area contributed by atoms with Crippen molar-refractivity contribution in [2.24, 2.45) is 5.92 Å². The Labute approximate surface area is 270 Å². The minimum atomic E-state index is -2.74. The number of carboxylic acids is 1. The van der Waals surface area contributed by atoms with Gasteiger partial charge in [0.1, 0.15) is 11.6 Å². The van der Waals surface area contributed by atoms with Crippen LogP contribution in [0.2, 0.25) is 0 Å². The first kappa shape index (κ1) is 31.6. The number of para-hydroxylation sites is 1. The maximum Gasteiger partial charge on any atom is 0.354 e. The molecule has 3 heterocycles. The zero-order valence-electron chi connectivity index (χ0n) is 25.7. The van der Waals surface area contributed by atoms with Crippen LogP contribution >= 0.6 is 0 Å². The molecule has 1 unspecified atom stereocenters. The molecular formula is C34H37N6O5S-. The highest BCUT2D eigenvalue weighted by atomic mass is 32.2. The average Bonchev–Trinajstić information content (AvgIpc) is 3.86. The number of imidazole rings is 1. The quantitative estimate of drug-likeness (QED) is 0.222. The van der Waals surface area contributed by atoms with Gasteiger partial charge in [0.15, 0.2) is 5.69 Å². The van der Waals surface area contributed by atoms with Gasteiger partial charge in [0.05, 0.1) is 22.6 Å². The van der Waals surface area contributed by atoms with Crippen LogP contribution in [0.15, 0.2) is 72.9 Å². The Kier molecular flexibility index (Phi) is 9.57. The summed E-state index contributed by atoms with van der Waals surface area (Å²) in [5.41, 5.74) is 3.35. The summed E-state index contributed by atoms with van der Waals surface area (Å²) in [7, 11) is 0. The second-order valence-corrected chi connectivity index (χ2v) is 12.6. The molecule has 1 N–H and O–H groups in total. The van der Waals surface area contributed by atoms with Crippen LogP contribution in [0.3, 0.4) is 0 Å². The van der Waals surface area contributed by atoms with E-state index in [0.717, 1.165) is 59.7 Å². The summed E-state index contributed by atoms with van der Waals surface area (Å²) >= 11 is -2.74. The molecule has 240 valence electrons. The van der Waals surface area contributed by atoms with Gasteiger partial charge in [-0.25, -0.2) is 19.1 Å². The van der Waals surface area contributed by atoms with Crippen molar-refractivity contribution in [2.45, 2.75) is 45.7 Å². The van der Waals surface area contributed by atoms with Gasteiger partial charge in [-0.2, -0.15) is 0 Å². The molecule has 2 fully saturated rings. The van der Waals surface area contributed by atoms with Crippen LogP contribution in [0.25, 0.3) is 11.1 Å². The highest BCUT2D eigenvalue weighted by molar-refractivity contribution is 7.81. The molecule has 4 aromatic rings. The molecule has 2 aromatic carbocycles. The van der Waals surface area contributed by atoms with Crippen LogP contribution in [0, 0.1) is 5.92 Å². The molecule has 6 rings (SSSR count). The first-order valence-corrected chi connectivity index (χ1v) is 16.7. The third kappa shape index (κ3) is 6.88. The van der Waals surface area contributed by atoms with Crippen molar-refractivity contribution >= 4 is 34.6 Å². The Balaban J connectivity index is 1.22. The lowest BCUT2D eigenvalue weighted by molar-refractivity contribution is -0.118. The van der Waals surface area contributed by atoms with E-state index in [1.165, 1.54) is 0 Å². The lowest BCUT2D eigenvalue weighted by Gasteiger charge is -2.35. The second-order valence-electron chi connectivity index (χ2n) is 11.8. The maximum atomic E-state index is 12.8. The van der Waals surface area contributed by atoms with E-state index in [2.05, 4.69) is 14.8 Å². The summed E-state index contributed by atoms with van der Waals surface area (Å²) in [5.74, 6) is 0.0115. The number of hydrogen-bond donors (Lipinski definition) is 1. The van der Waals surface area contributed by atoms with Crippen molar-refractivity contribution in [1.29, 1.82) is 0 Å². The number of hydrogen-bond acceptors (Lipinski definition) is 8. The van der Waals surface area contributed by atoms with Crippen molar-refractivity contribution in [3.05, 3.63) is 95.7 Å². The van der Waals surface area contributed by atoms with Gasteiger partial charge in [-0.15, -0.1) is 0 Å². The Hall–Kier alpha value is -4.39. The molecule has 1 aliphatic heterocycles. The number of pyridine rings is 1. The minimum absolute atomic E-state index is 0.206. The van der Waals surface area contributed by atoms with Gasteiger partial charge in [-0.05, 0) is 48.6 Å². The summed E-state index contributed by atoms with van der Waals surface area (Å²) in [4.78, 5) is 39.3. The maximum absolute atomic E-state index is 12.8. The molecule has 1 aliphatic carbocycles. The lowest BCUT2D eigenvalue weighted by Crippen LogP contribution is -2.46. The average molecular weight is 642 g/mol. The molecule has 0 bridgehead atoms. The van der Waals surface area contributed by atoms with E-state index in [1.807, 2.05) is 60.0 Å². The zero-order chi connectivity index (χ0) is 32.2. The van der Waals surface area contributed by atoms with Gasteiger partial charge in [0.2, 0.25) is 5.91 Å². The number of nitrogens with zero attached hydrogens (tertiary/aromatic N) is 6.